The van der Waals surface area contributed by atoms with Crippen molar-refractivity contribution in [1.29, 1.82) is 0 Å². The number of aromatic nitrogens is 5. The zero-order valence-electron chi connectivity index (χ0n) is 22.7. The van der Waals surface area contributed by atoms with E-state index in [0.717, 1.165) is 10.9 Å². The van der Waals surface area contributed by atoms with Crippen LogP contribution in [0.5, 0.6) is 28.7 Å². The molecule has 12 heteroatoms. The highest BCUT2D eigenvalue weighted by atomic mass is 16.5. The van der Waals surface area contributed by atoms with Crippen LogP contribution in [0.4, 0.5) is 11.5 Å². The summed E-state index contributed by atoms with van der Waals surface area (Å²) >= 11 is 0. The molecule has 1 saturated heterocycles. The van der Waals surface area contributed by atoms with Crippen molar-refractivity contribution < 1.29 is 23.7 Å². The van der Waals surface area contributed by atoms with Gasteiger partial charge in [0.05, 0.1) is 38.5 Å². The predicted molar refractivity (Wildman–Crippen MR) is 151 cm³/mol. The molecule has 208 valence electrons. The van der Waals surface area contributed by atoms with Crippen LogP contribution in [0.15, 0.2) is 67.9 Å². The third kappa shape index (κ3) is 5.02. The lowest BCUT2D eigenvalue weighted by molar-refractivity contribution is -0.134. The standard InChI is InChI=1S/C29H27N7O5/c1-5-28(37)35-13-19(14-35)41-26-10-20-21(11-25(26)39-4)30-15-32-29(20)34-22-8-17(2)23(12-24(22)38-3)40-18-6-7-36-27(9-18)31-16-33-36/h5-12,15-16,19H,1,13-14H2,2-4H3,(H,30,32,34). The van der Waals surface area contributed by atoms with Gasteiger partial charge in [0, 0.05) is 29.8 Å². The number of carbonyl (C=O) groups is 1. The van der Waals surface area contributed by atoms with E-state index >= 15 is 0 Å². The van der Waals surface area contributed by atoms with E-state index in [1.807, 2.05) is 37.3 Å². The van der Waals surface area contributed by atoms with Gasteiger partial charge in [-0.3, -0.25) is 4.79 Å². The number of nitrogens with zero attached hydrogens (tertiary/aromatic N) is 6. The molecule has 0 atom stereocenters. The average molecular weight is 554 g/mol. The van der Waals surface area contributed by atoms with Gasteiger partial charge in [-0.05, 0) is 36.8 Å². The van der Waals surface area contributed by atoms with Crippen LogP contribution in [0.1, 0.15) is 5.56 Å². The van der Waals surface area contributed by atoms with E-state index in [1.165, 1.54) is 18.7 Å². The number of nitrogens with one attached hydrogen (secondary N) is 1. The average Bonchev–Trinajstić information content (AvgIpc) is 3.43. The molecule has 0 saturated carbocycles. The van der Waals surface area contributed by atoms with Crippen molar-refractivity contribution in [3.8, 4) is 28.7 Å². The van der Waals surface area contributed by atoms with Crippen LogP contribution < -0.4 is 24.3 Å². The Morgan fingerprint density at radius 2 is 1.83 bits per heavy atom. The van der Waals surface area contributed by atoms with Gasteiger partial charge in [0.15, 0.2) is 17.1 Å². The Bertz CT molecular complexity index is 1780. The van der Waals surface area contributed by atoms with Crippen LogP contribution in [0.2, 0.25) is 0 Å². The van der Waals surface area contributed by atoms with Crippen LogP contribution in [0.25, 0.3) is 16.6 Å². The highest BCUT2D eigenvalue weighted by Gasteiger charge is 2.31. The largest absolute Gasteiger partial charge is 0.494 e. The molecule has 0 bridgehead atoms. The number of fused-ring (bicyclic) bond motifs is 2. The Kier molecular flexibility index (Phi) is 6.71. The van der Waals surface area contributed by atoms with Gasteiger partial charge in [0.2, 0.25) is 5.91 Å². The van der Waals surface area contributed by atoms with Crippen LogP contribution >= 0.6 is 0 Å². The van der Waals surface area contributed by atoms with Gasteiger partial charge in [-0.25, -0.2) is 19.5 Å². The zero-order valence-corrected chi connectivity index (χ0v) is 22.7. The number of aryl methyl sites for hydroxylation is 1. The fraction of sp³-hybridized carbons (Fsp3) is 0.207. The van der Waals surface area contributed by atoms with Gasteiger partial charge in [0.25, 0.3) is 0 Å². The lowest BCUT2D eigenvalue weighted by Gasteiger charge is -2.38. The number of likely N-dealkylation sites (tertiary alicyclic amines) is 1. The Hall–Kier alpha value is -5.39. The van der Waals surface area contributed by atoms with Crippen molar-refractivity contribution in [3.63, 3.8) is 0 Å². The van der Waals surface area contributed by atoms with Crippen molar-refractivity contribution in [2.24, 2.45) is 0 Å². The second kappa shape index (κ2) is 10.6. The molecule has 1 aliphatic rings. The number of pyridine rings is 1. The quantitative estimate of drug-likeness (QED) is 0.264. The minimum absolute atomic E-state index is 0.118. The van der Waals surface area contributed by atoms with Gasteiger partial charge < -0.3 is 29.2 Å². The molecule has 4 heterocycles. The molecule has 0 spiro atoms. The van der Waals surface area contributed by atoms with E-state index in [4.69, 9.17) is 18.9 Å². The van der Waals surface area contributed by atoms with Gasteiger partial charge >= 0.3 is 0 Å². The number of benzene rings is 2. The highest BCUT2D eigenvalue weighted by Crippen LogP contribution is 2.39. The monoisotopic (exact) mass is 553 g/mol. The SMILES string of the molecule is C=CC(=O)N1CC(Oc2cc3c(Nc4cc(C)c(Oc5ccn6ncnc6c5)cc4OC)ncnc3cc2OC)C1. The van der Waals surface area contributed by atoms with E-state index in [9.17, 15) is 4.79 Å². The fourth-order valence-corrected chi connectivity index (χ4v) is 4.58. The Morgan fingerprint density at radius 3 is 2.61 bits per heavy atom. The van der Waals surface area contributed by atoms with Crippen molar-refractivity contribution in [3.05, 3.63) is 73.5 Å². The second-order valence-electron chi connectivity index (χ2n) is 9.40. The van der Waals surface area contributed by atoms with Gasteiger partial charge in [-0.1, -0.05) is 6.58 Å². The summed E-state index contributed by atoms with van der Waals surface area (Å²) in [7, 11) is 3.17. The molecule has 3 aromatic heterocycles. The summed E-state index contributed by atoms with van der Waals surface area (Å²) in [5, 5.41) is 8.22. The lowest BCUT2D eigenvalue weighted by atomic mass is 10.1. The summed E-state index contributed by atoms with van der Waals surface area (Å²) in [4.78, 5) is 26.6. The molecule has 1 amide bonds. The van der Waals surface area contributed by atoms with Gasteiger partial charge in [-0.15, -0.1) is 0 Å². The summed E-state index contributed by atoms with van der Waals surface area (Å²) in [6, 6.07) is 11.0. The third-order valence-electron chi connectivity index (χ3n) is 6.78. The molecule has 0 aliphatic carbocycles. The number of hydrogen-bond donors (Lipinski definition) is 1. The summed E-state index contributed by atoms with van der Waals surface area (Å²) in [5.74, 6) is 3.33. The first-order valence-corrected chi connectivity index (χ1v) is 12.8. The lowest BCUT2D eigenvalue weighted by Crippen LogP contribution is -2.55. The van der Waals surface area contributed by atoms with Crippen LogP contribution in [0, 0.1) is 6.92 Å². The van der Waals surface area contributed by atoms with E-state index in [0.29, 0.717) is 64.5 Å². The maximum atomic E-state index is 11.8. The molecule has 1 N–H and O–H groups in total. The van der Waals surface area contributed by atoms with Crippen molar-refractivity contribution in [2.45, 2.75) is 13.0 Å². The molecular formula is C29H27N7O5. The first-order valence-electron chi connectivity index (χ1n) is 12.8. The van der Waals surface area contributed by atoms with E-state index < -0.39 is 0 Å². The maximum absolute atomic E-state index is 11.8. The number of amides is 1. The van der Waals surface area contributed by atoms with Crippen molar-refractivity contribution in [2.75, 3.05) is 32.6 Å². The molecule has 12 nitrogen and oxygen atoms in total. The van der Waals surface area contributed by atoms with Crippen LogP contribution in [0.3, 0.4) is 0 Å². The van der Waals surface area contributed by atoms with Gasteiger partial charge in [-0.2, -0.15) is 5.10 Å². The number of anilines is 2. The molecule has 0 radical (unpaired) electrons. The van der Waals surface area contributed by atoms with Crippen LogP contribution in [-0.2, 0) is 4.79 Å². The minimum Gasteiger partial charge on any atom is -0.494 e. The molecule has 1 fully saturated rings. The molecule has 6 rings (SSSR count). The minimum atomic E-state index is -0.160. The van der Waals surface area contributed by atoms with E-state index in [-0.39, 0.29) is 12.0 Å². The number of carbonyl (C=O) groups excluding carboxylic acids is 1. The van der Waals surface area contributed by atoms with Crippen LogP contribution in [-0.4, -0.2) is 68.8 Å². The topological polar surface area (TPSA) is 125 Å². The van der Waals surface area contributed by atoms with Crippen molar-refractivity contribution >= 4 is 34.0 Å². The molecule has 1 aliphatic heterocycles. The Morgan fingerprint density at radius 1 is 1.00 bits per heavy atom. The van der Waals surface area contributed by atoms with Gasteiger partial charge in [0.1, 0.15) is 41.8 Å². The number of methoxy groups -OCH3 is 2. The highest BCUT2D eigenvalue weighted by molar-refractivity contribution is 5.93. The molecular weight excluding hydrogens is 526 g/mol. The van der Waals surface area contributed by atoms with E-state index in [1.54, 1.807) is 35.9 Å². The zero-order chi connectivity index (χ0) is 28.5. The summed E-state index contributed by atoms with van der Waals surface area (Å²) in [6.45, 7) is 6.43. The third-order valence-corrected chi connectivity index (χ3v) is 6.78. The first-order chi connectivity index (χ1) is 19.9. The summed E-state index contributed by atoms with van der Waals surface area (Å²) in [6.07, 6.45) is 5.90. The normalized spacial score (nSPS) is 13.1. The summed E-state index contributed by atoms with van der Waals surface area (Å²) in [5.41, 5.74) is 2.92. The fourth-order valence-electron chi connectivity index (χ4n) is 4.58. The number of hydrogen-bond acceptors (Lipinski definition) is 10. The number of ether oxygens (including phenoxy) is 4. The molecule has 5 aromatic rings. The number of rotatable bonds is 9. The second-order valence-corrected chi connectivity index (χ2v) is 9.40. The maximum Gasteiger partial charge on any atom is 0.246 e. The smallest absolute Gasteiger partial charge is 0.246 e. The Balaban J connectivity index is 1.28. The Labute approximate surface area is 235 Å². The predicted octanol–water partition coefficient (Wildman–Crippen LogP) is 4.31. The molecule has 0 unspecified atom stereocenters. The molecule has 2 aromatic carbocycles. The van der Waals surface area contributed by atoms with Crippen molar-refractivity contribution in [1.82, 2.24) is 29.5 Å². The first kappa shape index (κ1) is 25.9. The molecule has 41 heavy (non-hydrogen) atoms. The summed E-state index contributed by atoms with van der Waals surface area (Å²) < 4.78 is 25.3. The van der Waals surface area contributed by atoms with E-state index in [2.05, 4.69) is 31.9 Å².